The minimum absolute atomic E-state index is 0.177. The van der Waals surface area contributed by atoms with Crippen molar-refractivity contribution < 1.29 is 39.3 Å². The van der Waals surface area contributed by atoms with E-state index in [9.17, 15) is 29.1 Å². The van der Waals surface area contributed by atoms with E-state index in [-0.39, 0.29) is 12.8 Å². The molecule has 0 saturated heterocycles. The fourth-order valence-corrected chi connectivity index (χ4v) is 2.53. The van der Waals surface area contributed by atoms with Crippen LogP contribution in [0.5, 0.6) is 0 Å². The third-order valence-corrected chi connectivity index (χ3v) is 4.14. The van der Waals surface area contributed by atoms with E-state index in [0.717, 1.165) is 5.56 Å². The van der Waals surface area contributed by atoms with Crippen molar-refractivity contribution in [1.29, 1.82) is 0 Å². The van der Waals surface area contributed by atoms with E-state index in [1.165, 1.54) is 0 Å². The summed E-state index contributed by atoms with van der Waals surface area (Å²) in [4.78, 5) is 58.2. The van der Waals surface area contributed by atoms with Crippen molar-refractivity contribution in [1.82, 2.24) is 16.0 Å². The topological polar surface area (TPSA) is 208 Å². The first-order chi connectivity index (χ1) is 14.6. The molecule has 31 heavy (non-hydrogen) atoms. The molecule has 1 aromatic rings. The summed E-state index contributed by atoms with van der Waals surface area (Å²) in [7, 11) is 0. The maximum atomic E-state index is 12.5. The Morgan fingerprint density at radius 2 is 1.48 bits per heavy atom. The zero-order chi connectivity index (χ0) is 23.4. The normalized spacial score (nSPS) is 13.4. The maximum Gasteiger partial charge on any atom is 0.322 e. The summed E-state index contributed by atoms with van der Waals surface area (Å²) in [5, 5.41) is 33.3. The molecule has 8 N–H and O–H groups in total. The molecule has 12 nitrogen and oxygen atoms in total. The Hall–Kier alpha value is -3.51. The number of carbonyl (C=O) groups excluding carboxylic acids is 3. The predicted molar refractivity (Wildman–Crippen MR) is 107 cm³/mol. The fraction of sp³-hybridized carbons (Fsp3) is 0.421. The second-order valence-electron chi connectivity index (χ2n) is 6.65. The van der Waals surface area contributed by atoms with Crippen LogP contribution in [0.1, 0.15) is 18.4 Å². The van der Waals surface area contributed by atoms with Crippen molar-refractivity contribution in [2.45, 2.75) is 37.4 Å². The van der Waals surface area contributed by atoms with Crippen molar-refractivity contribution in [2.75, 3.05) is 13.2 Å². The summed E-state index contributed by atoms with van der Waals surface area (Å²) in [5.74, 6) is -5.12. The molecule has 0 aliphatic carbocycles. The molecule has 0 aliphatic heterocycles. The van der Waals surface area contributed by atoms with Gasteiger partial charge in [-0.1, -0.05) is 30.3 Å². The van der Waals surface area contributed by atoms with E-state index < -0.39 is 67.4 Å². The molecule has 3 amide bonds. The van der Waals surface area contributed by atoms with E-state index in [1.54, 1.807) is 30.3 Å². The number of nitrogens with one attached hydrogen (secondary N) is 3. The molecule has 0 heterocycles. The van der Waals surface area contributed by atoms with Gasteiger partial charge in [-0.2, -0.15) is 0 Å². The van der Waals surface area contributed by atoms with Gasteiger partial charge in [-0.25, -0.2) is 0 Å². The van der Waals surface area contributed by atoms with Gasteiger partial charge in [0.25, 0.3) is 0 Å². The largest absolute Gasteiger partial charge is 0.481 e. The molecular formula is C19H26N4O8. The molecule has 0 radical (unpaired) electrons. The molecule has 3 atom stereocenters. The number of carboxylic acid groups (broad SMARTS) is 2. The Bertz CT molecular complexity index is 786. The molecule has 12 heteroatoms. The summed E-state index contributed by atoms with van der Waals surface area (Å²) in [6, 6.07) is 5.02. The van der Waals surface area contributed by atoms with E-state index >= 15 is 0 Å². The first-order valence-electron chi connectivity index (χ1n) is 9.36. The quantitative estimate of drug-likeness (QED) is 0.175. The van der Waals surface area contributed by atoms with Gasteiger partial charge in [-0.3, -0.25) is 24.0 Å². The highest BCUT2D eigenvalue weighted by Gasteiger charge is 2.28. The summed E-state index contributed by atoms with van der Waals surface area (Å²) >= 11 is 0. The van der Waals surface area contributed by atoms with E-state index in [2.05, 4.69) is 10.6 Å². The minimum atomic E-state index is -1.49. The van der Waals surface area contributed by atoms with E-state index in [0.29, 0.717) is 0 Å². The third kappa shape index (κ3) is 9.69. The minimum Gasteiger partial charge on any atom is -0.481 e. The SMILES string of the molecule is NC(Cc1ccccc1)C(=O)NC(CCC(=O)O)C(=O)NC(CO)C(=O)NCC(=O)O. The van der Waals surface area contributed by atoms with Crippen LogP contribution in [0.2, 0.25) is 0 Å². The number of rotatable bonds is 13. The molecule has 0 aromatic heterocycles. The zero-order valence-corrected chi connectivity index (χ0v) is 16.6. The van der Waals surface area contributed by atoms with Gasteiger partial charge in [0.05, 0.1) is 12.6 Å². The Labute approximate surface area is 177 Å². The van der Waals surface area contributed by atoms with Crippen LogP contribution in [0.4, 0.5) is 0 Å². The molecule has 0 saturated carbocycles. The van der Waals surface area contributed by atoms with Crippen LogP contribution in [0.15, 0.2) is 30.3 Å². The van der Waals surface area contributed by atoms with Gasteiger partial charge >= 0.3 is 11.9 Å². The van der Waals surface area contributed by atoms with Crippen LogP contribution < -0.4 is 21.7 Å². The molecule has 1 rings (SSSR count). The number of carboxylic acids is 2. The van der Waals surface area contributed by atoms with Crippen molar-refractivity contribution >= 4 is 29.7 Å². The number of carbonyl (C=O) groups is 5. The number of aliphatic carboxylic acids is 2. The Morgan fingerprint density at radius 1 is 0.871 bits per heavy atom. The molecule has 0 aliphatic rings. The highest BCUT2D eigenvalue weighted by molar-refractivity contribution is 5.94. The lowest BCUT2D eigenvalue weighted by Crippen LogP contribution is -2.57. The lowest BCUT2D eigenvalue weighted by atomic mass is 10.0. The average molecular weight is 438 g/mol. The van der Waals surface area contributed by atoms with Gasteiger partial charge in [-0.05, 0) is 18.4 Å². The van der Waals surface area contributed by atoms with E-state index in [1.807, 2.05) is 5.32 Å². The van der Waals surface area contributed by atoms with Gasteiger partial charge < -0.3 is 37.0 Å². The van der Waals surface area contributed by atoms with Gasteiger partial charge in [0.2, 0.25) is 17.7 Å². The van der Waals surface area contributed by atoms with E-state index in [4.69, 9.17) is 15.9 Å². The highest BCUT2D eigenvalue weighted by atomic mass is 16.4. The standard InChI is InChI=1S/C19H26N4O8/c20-12(8-11-4-2-1-3-5-11)17(29)22-13(6-7-15(25)26)19(31)23-14(10-24)18(30)21-9-16(27)28/h1-5,12-14,24H,6-10,20H2,(H,21,30)(H,22,29)(H,23,31)(H,25,26)(H,27,28). The molecule has 0 spiro atoms. The molecule has 170 valence electrons. The Kier molecular flexibility index (Phi) is 10.6. The van der Waals surface area contributed by atoms with Crippen LogP contribution in [-0.2, 0) is 30.4 Å². The lowest BCUT2D eigenvalue weighted by molar-refractivity contribution is -0.139. The smallest absolute Gasteiger partial charge is 0.322 e. The molecular weight excluding hydrogens is 412 g/mol. The molecule has 0 fully saturated rings. The average Bonchev–Trinajstić information content (AvgIpc) is 2.73. The fourth-order valence-electron chi connectivity index (χ4n) is 2.53. The van der Waals surface area contributed by atoms with Crippen LogP contribution in [0, 0.1) is 0 Å². The van der Waals surface area contributed by atoms with Crippen LogP contribution in [0.25, 0.3) is 0 Å². The zero-order valence-electron chi connectivity index (χ0n) is 16.6. The first-order valence-corrected chi connectivity index (χ1v) is 9.36. The summed E-state index contributed by atoms with van der Waals surface area (Å²) in [5.41, 5.74) is 6.66. The van der Waals surface area contributed by atoms with Crippen molar-refractivity contribution in [2.24, 2.45) is 5.73 Å². The Balaban J connectivity index is 2.79. The highest BCUT2D eigenvalue weighted by Crippen LogP contribution is 2.04. The van der Waals surface area contributed by atoms with Crippen LogP contribution in [-0.4, -0.2) is 76.3 Å². The second-order valence-corrected chi connectivity index (χ2v) is 6.65. The van der Waals surface area contributed by atoms with Crippen molar-refractivity contribution in [3.8, 4) is 0 Å². The lowest BCUT2D eigenvalue weighted by Gasteiger charge is -2.23. The van der Waals surface area contributed by atoms with Gasteiger partial charge in [0.1, 0.15) is 18.6 Å². The number of nitrogens with two attached hydrogens (primary N) is 1. The van der Waals surface area contributed by atoms with Gasteiger partial charge in [0.15, 0.2) is 0 Å². The molecule has 3 unspecified atom stereocenters. The molecule has 0 bridgehead atoms. The monoisotopic (exact) mass is 438 g/mol. The number of hydrogen-bond acceptors (Lipinski definition) is 7. The summed E-state index contributed by atoms with van der Waals surface area (Å²) in [6.45, 7) is -1.57. The number of aliphatic hydroxyl groups excluding tert-OH is 1. The van der Waals surface area contributed by atoms with Crippen molar-refractivity contribution in [3.63, 3.8) is 0 Å². The maximum absolute atomic E-state index is 12.5. The second kappa shape index (κ2) is 12.9. The summed E-state index contributed by atoms with van der Waals surface area (Å²) in [6.07, 6.45) is -0.571. The number of aliphatic hydroxyl groups is 1. The van der Waals surface area contributed by atoms with Crippen LogP contribution >= 0.6 is 0 Å². The number of benzene rings is 1. The van der Waals surface area contributed by atoms with Gasteiger partial charge in [0, 0.05) is 6.42 Å². The first kappa shape index (κ1) is 25.5. The van der Waals surface area contributed by atoms with Crippen LogP contribution in [0.3, 0.4) is 0 Å². The molecule has 1 aromatic carbocycles. The third-order valence-electron chi connectivity index (χ3n) is 4.14. The van der Waals surface area contributed by atoms with Gasteiger partial charge in [-0.15, -0.1) is 0 Å². The van der Waals surface area contributed by atoms with Crippen molar-refractivity contribution in [3.05, 3.63) is 35.9 Å². The number of hydrogen-bond donors (Lipinski definition) is 7. The predicted octanol–water partition coefficient (Wildman–Crippen LogP) is -2.42. The summed E-state index contributed by atoms with van der Waals surface area (Å²) < 4.78 is 0. The Morgan fingerprint density at radius 3 is 2.03 bits per heavy atom. The number of amides is 3.